The quantitative estimate of drug-likeness (QED) is 0.568. The van der Waals surface area contributed by atoms with Gasteiger partial charge in [0.1, 0.15) is 0 Å². The number of hydrogen-bond acceptors (Lipinski definition) is 4. The van der Waals surface area contributed by atoms with Crippen LogP contribution in [0.2, 0.25) is 0 Å². The number of anilines is 3. The molecule has 2 N–H and O–H groups in total. The molecule has 26 heavy (non-hydrogen) atoms. The molecule has 4 aromatic rings. The standard InChI is InChI=1S/C21H16N4O/c26-21(25-19-10-4-6-15-7-5-11-23-20(15)19)16-12-18(14-22-13-16)24-17-8-2-1-3-9-17/h1-14,24H,(H,25,26). The van der Waals surface area contributed by atoms with Gasteiger partial charge in [-0.15, -0.1) is 0 Å². The van der Waals surface area contributed by atoms with Gasteiger partial charge in [-0.2, -0.15) is 0 Å². The zero-order valence-corrected chi connectivity index (χ0v) is 13.9. The molecule has 5 heteroatoms. The molecule has 1 amide bonds. The molecule has 2 aromatic heterocycles. The highest BCUT2D eigenvalue weighted by Gasteiger charge is 2.10. The minimum atomic E-state index is -0.229. The van der Waals surface area contributed by atoms with Crippen LogP contribution in [0, 0.1) is 0 Å². The summed E-state index contributed by atoms with van der Waals surface area (Å²) in [4.78, 5) is 21.2. The van der Waals surface area contributed by atoms with Crippen molar-refractivity contribution in [1.29, 1.82) is 0 Å². The van der Waals surface area contributed by atoms with Crippen molar-refractivity contribution < 1.29 is 4.79 Å². The Balaban J connectivity index is 1.57. The Labute approximate surface area is 150 Å². The van der Waals surface area contributed by atoms with E-state index in [0.29, 0.717) is 11.3 Å². The van der Waals surface area contributed by atoms with Gasteiger partial charge in [-0.05, 0) is 30.3 Å². The van der Waals surface area contributed by atoms with Gasteiger partial charge in [0.15, 0.2) is 0 Å². The average Bonchev–Trinajstić information content (AvgIpc) is 2.69. The van der Waals surface area contributed by atoms with Gasteiger partial charge in [-0.25, -0.2) is 0 Å². The van der Waals surface area contributed by atoms with Crippen LogP contribution in [0.4, 0.5) is 17.1 Å². The zero-order chi connectivity index (χ0) is 17.8. The van der Waals surface area contributed by atoms with E-state index in [1.54, 1.807) is 24.7 Å². The van der Waals surface area contributed by atoms with E-state index in [2.05, 4.69) is 20.6 Å². The molecular formula is C21H16N4O. The van der Waals surface area contributed by atoms with Gasteiger partial charge in [-0.3, -0.25) is 14.8 Å². The minimum Gasteiger partial charge on any atom is -0.354 e. The first-order chi connectivity index (χ1) is 12.8. The third-order valence-electron chi connectivity index (χ3n) is 3.94. The van der Waals surface area contributed by atoms with E-state index < -0.39 is 0 Å². The summed E-state index contributed by atoms with van der Waals surface area (Å²) >= 11 is 0. The number of nitrogens with one attached hydrogen (secondary N) is 2. The molecule has 2 aromatic carbocycles. The molecule has 4 rings (SSSR count). The SMILES string of the molecule is O=C(Nc1cccc2cccnc12)c1cncc(Nc2ccccc2)c1. The minimum absolute atomic E-state index is 0.229. The van der Waals surface area contributed by atoms with Crippen molar-refractivity contribution in [3.8, 4) is 0 Å². The summed E-state index contributed by atoms with van der Waals surface area (Å²) in [6, 6.07) is 21.0. The van der Waals surface area contributed by atoms with Crippen LogP contribution < -0.4 is 10.6 Å². The van der Waals surface area contributed by atoms with Crippen molar-refractivity contribution in [3.05, 3.63) is 90.9 Å². The fourth-order valence-electron chi connectivity index (χ4n) is 2.72. The van der Waals surface area contributed by atoms with Crippen LogP contribution in [0.1, 0.15) is 10.4 Å². The number of aromatic nitrogens is 2. The number of fused-ring (bicyclic) bond motifs is 1. The van der Waals surface area contributed by atoms with E-state index in [1.165, 1.54) is 0 Å². The van der Waals surface area contributed by atoms with E-state index in [9.17, 15) is 4.79 Å². The Morgan fingerprint density at radius 2 is 1.69 bits per heavy atom. The molecule has 2 heterocycles. The van der Waals surface area contributed by atoms with Crippen molar-refractivity contribution in [2.24, 2.45) is 0 Å². The number of hydrogen-bond donors (Lipinski definition) is 2. The monoisotopic (exact) mass is 340 g/mol. The number of para-hydroxylation sites is 2. The Bertz CT molecular complexity index is 1060. The molecule has 0 saturated carbocycles. The van der Waals surface area contributed by atoms with E-state index in [-0.39, 0.29) is 5.91 Å². The summed E-state index contributed by atoms with van der Waals surface area (Å²) in [5, 5.41) is 7.14. The lowest BCUT2D eigenvalue weighted by atomic mass is 10.2. The second kappa shape index (κ2) is 7.03. The van der Waals surface area contributed by atoms with Gasteiger partial charge in [0.05, 0.1) is 28.7 Å². The summed E-state index contributed by atoms with van der Waals surface area (Å²) in [6.45, 7) is 0. The third-order valence-corrected chi connectivity index (χ3v) is 3.94. The smallest absolute Gasteiger partial charge is 0.257 e. The van der Waals surface area contributed by atoms with Crippen LogP contribution in [0.15, 0.2) is 85.3 Å². The fourth-order valence-corrected chi connectivity index (χ4v) is 2.72. The Morgan fingerprint density at radius 3 is 2.58 bits per heavy atom. The molecule has 0 atom stereocenters. The van der Waals surface area contributed by atoms with Gasteiger partial charge >= 0.3 is 0 Å². The van der Waals surface area contributed by atoms with Crippen LogP contribution in [0.5, 0.6) is 0 Å². The summed E-state index contributed by atoms with van der Waals surface area (Å²) in [6.07, 6.45) is 4.94. The van der Waals surface area contributed by atoms with Gasteiger partial charge in [0.2, 0.25) is 0 Å². The van der Waals surface area contributed by atoms with Crippen molar-refractivity contribution >= 4 is 33.9 Å². The number of amides is 1. The number of rotatable bonds is 4. The number of carbonyl (C=O) groups is 1. The number of carbonyl (C=O) groups excluding carboxylic acids is 1. The van der Waals surface area contributed by atoms with Gasteiger partial charge < -0.3 is 10.6 Å². The normalized spacial score (nSPS) is 10.5. The van der Waals surface area contributed by atoms with Crippen LogP contribution >= 0.6 is 0 Å². The predicted molar refractivity (Wildman–Crippen MR) is 104 cm³/mol. The highest BCUT2D eigenvalue weighted by molar-refractivity contribution is 6.08. The topological polar surface area (TPSA) is 66.9 Å². The second-order valence-corrected chi connectivity index (χ2v) is 5.79. The highest BCUT2D eigenvalue weighted by Crippen LogP contribution is 2.22. The van der Waals surface area contributed by atoms with Crippen molar-refractivity contribution in [2.75, 3.05) is 10.6 Å². The van der Waals surface area contributed by atoms with E-state index >= 15 is 0 Å². The lowest BCUT2D eigenvalue weighted by molar-refractivity contribution is 0.102. The Hall–Kier alpha value is -3.73. The molecular weight excluding hydrogens is 324 g/mol. The van der Waals surface area contributed by atoms with Crippen LogP contribution in [-0.2, 0) is 0 Å². The maximum Gasteiger partial charge on any atom is 0.257 e. The van der Waals surface area contributed by atoms with Crippen LogP contribution in [-0.4, -0.2) is 15.9 Å². The van der Waals surface area contributed by atoms with Crippen molar-refractivity contribution in [2.45, 2.75) is 0 Å². The summed E-state index contributed by atoms with van der Waals surface area (Å²) in [5.41, 5.74) is 3.59. The van der Waals surface area contributed by atoms with Crippen molar-refractivity contribution in [1.82, 2.24) is 9.97 Å². The maximum atomic E-state index is 12.7. The summed E-state index contributed by atoms with van der Waals surface area (Å²) < 4.78 is 0. The van der Waals surface area contributed by atoms with Gasteiger partial charge in [0, 0.05) is 23.5 Å². The highest BCUT2D eigenvalue weighted by atomic mass is 16.1. The number of nitrogens with zero attached hydrogens (tertiary/aromatic N) is 2. The molecule has 0 fully saturated rings. The first kappa shape index (κ1) is 15.8. The molecule has 0 radical (unpaired) electrons. The molecule has 5 nitrogen and oxygen atoms in total. The summed E-state index contributed by atoms with van der Waals surface area (Å²) in [5.74, 6) is -0.229. The Morgan fingerprint density at radius 1 is 0.846 bits per heavy atom. The predicted octanol–water partition coefficient (Wildman–Crippen LogP) is 4.63. The van der Waals surface area contributed by atoms with E-state index in [0.717, 1.165) is 22.3 Å². The lowest BCUT2D eigenvalue weighted by Gasteiger charge is -2.10. The van der Waals surface area contributed by atoms with E-state index in [1.807, 2.05) is 60.7 Å². The van der Waals surface area contributed by atoms with Gasteiger partial charge in [-0.1, -0.05) is 36.4 Å². The first-order valence-corrected chi connectivity index (χ1v) is 8.22. The van der Waals surface area contributed by atoms with Crippen LogP contribution in [0.3, 0.4) is 0 Å². The average molecular weight is 340 g/mol. The first-order valence-electron chi connectivity index (χ1n) is 8.22. The van der Waals surface area contributed by atoms with E-state index in [4.69, 9.17) is 0 Å². The summed E-state index contributed by atoms with van der Waals surface area (Å²) in [7, 11) is 0. The molecule has 0 unspecified atom stereocenters. The van der Waals surface area contributed by atoms with Gasteiger partial charge in [0.25, 0.3) is 5.91 Å². The maximum absolute atomic E-state index is 12.7. The second-order valence-electron chi connectivity index (χ2n) is 5.79. The third kappa shape index (κ3) is 3.37. The molecule has 0 saturated heterocycles. The largest absolute Gasteiger partial charge is 0.354 e. The zero-order valence-electron chi connectivity index (χ0n) is 13.9. The fraction of sp³-hybridized carbons (Fsp3) is 0. The Kier molecular flexibility index (Phi) is 4.26. The molecule has 0 aliphatic rings. The molecule has 0 aliphatic carbocycles. The number of benzene rings is 2. The lowest BCUT2D eigenvalue weighted by Crippen LogP contribution is -2.13. The molecule has 0 aliphatic heterocycles. The molecule has 0 bridgehead atoms. The van der Waals surface area contributed by atoms with Crippen LogP contribution in [0.25, 0.3) is 10.9 Å². The molecule has 126 valence electrons. The number of pyridine rings is 2. The van der Waals surface area contributed by atoms with Crippen molar-refractivity contribution in [3.63, 3.8) is 0 Å². The molecule has 0 spiro atoms.